The molecule has 0 aromatic heterocycles. The zero-order chi connectivity index (χ0) is 20.6. The number of carbonyl (C=O) groups excluding carboxylic acids is 1. The van der Waals surface area contributed by atoms with E-state index in [1.807, 2.05) is 30.3 Å². The molecule has 1 atom stereocenters. The molecule has 5 nitrogen and oxygen atoms in total. The second-order valence-electron chi connectivity index (χ2n) is 7.49. The molecule has 1 heterocycles. The standard InChI is InChI=1S/C23H30ClN3O2/c1-3-15-29-21-6-4-5-19(16-21)23(28)25-17-22(18-7-9-20(24)10-8-18)27-13-11-26(2)12-14-27/h4-10,16,22H,3,11-15,17H2,1-2H3,(H,25,28). The summed E-state index contributed by atoms with van der Waals surface area (Å²) >= 11 is 6.08. The molecule has 2 aromatic carbocycles. The van der Waals surface area contributed by atoms with Crippen LogP contribution in [0.2, 0.25) is 5.02 Å². The number of benzene rings is 2. The third kappa shape index (κ3) is 6.20. The second-order valence-corrected chi connectivity index (χ2v) is 7.93. The summed E-state index contributed by atoms with van der Waals surface area (Å²) in [7, 11) is 2.14. The Balaban J connectivity index is 1.69. The van der Waals surface area contributed by atoms with Crippen molar-refractivity contribution in [2.24, 2.45) is 0 Å². The van der Waals surface area contributed by atoms with Gasteiger partial charge in [0.2, 0.25) is 0 Å². The number of nitrogens with one attached hydrogen (secondary N) is 1. The normalized spacial score (nSPS) is 16.4. The number of carbonyl (C=O) groups is 1. The van der Waals surface area contributed by atoms with E-state index in [2.05, 4.69) is 41.2 Å². The van der Waals surface area contributed by atoms with Crippen LogP contribution in [0, 0.1) is 0 Å². The van der Waals surface area contributed by atoms with Gasteiger partial charge in [-0.1, -0.05) is 36.7 Å². The predicted octanol–water partition coefficient (Wildman–Crippen LogP) is 3.85. The molecule has 0 spiro atoms. The van der Waals surface area contributed by atoms with Crippen molar-refractivity contribution >= 4 is 17.5 Å². The minimum atomic E-state index is -0.0833. The molecule has 1 aliphatic rings. The van der Waals surface area contributed by atoms with Gasteiger partial charge in [-0.05, 0) is 49.4 Å². The summed E-state index contributed by atoms with van der Waals surface area (Å²) in [5.41, 5.74) is 1.78. The van der Waals surface area contributed by atoms with Crippen molar-refractivity contribution in [1.82, 2.24) is 15.1 Å². The first kappa shape index (κ1) is 21.6. The molecule has 156 valence electrons. The van der Waals surface area contributed by atoms with Gasteiger partial charge in [0.15, 0.2) is 0 Å². The molecule has 0 aliphatic carbocycles. The fourth-order valence-electron chi connectivity index (χ4n) is 3.51. The predicted molar refractivity (Wildman–Crippen MR) is 118 cm³/mol. The minimum absolute atomic E-state index is 0.0833. The lowest BCUT2D eigenvalue weighted by atomic mass is 10.0. The Morgan fingerprint density at radius 1 is 1.14 bits per heavy atom. The molecule has 29 heavy (non-hydrogen) atoms. The molecule has 1 saturated heterocycles. The molecule has 0 bridgehead atoms. The van der Waals surface area contributed by atoms with Crippen LogP contribution in [0.5, 0.6) is 5.75 Å². The van der Waals surface area contributed by atoms with E-state index in [1.54, 1.807) is 6.07 Å². The van der Waals surface area contributed by atoms with E-state index < -0.39 is 0 Å². The number of rotatable bonds is 8. The monoisotopic (exact) mass is 415 g/mol. The Hall–Kier alpha value is -2.08. The van der Waals surface area contributed by atoms with Gasteiger partial charge in [0.05, 0.1) is 12.6 Å². The summed E-state index contributed by atoms with van der Waals surface area (Å²) in [5, 5.41) is 3.84. The van der Waals surface area contributed by atoms with Gasteiger partial charge in [0, 0.05) is 43.3 Å². The van der Waals surface area contributed by atoms with E-state index in [1.165, 1.54) is 5.56 Å². The van der Waals surface area contributed by atoms with Crippen LogP contribution >= 0.6 is 11.6 Å². The third-order valence-electron chi connectivity index (χ3n) is 5.26. The van der Waals surface area contributed by atoms with E-state index >= 15 is 0 Å². The second kappa shape index (κ2) is 10.6. The van der Waals surface area contributed by atoms with Crippen LogP contribution in [0.3, 0.4) is 0 Å². The van der Waals surface area contributed by atoms with Crippen molar-refractivity contribution in [1.29, 1.82) is 0 Å². The number of hydrogen-bond acceptors (Lipinski definition) is 4. The highest BCUT2D eigenvalue weighted by atomic mass is 35.5. The molecular weight excluding hydrogens is 386 g/mol. The number of ether oxygens (including phenoxy) is 1. The highest BCUT2D eigenvalue weighted by molar-refractivity contribution is 6.30. The number of piperazine rings is 1. The lowest BCUT2D eigenvalue weighted by Crippen LogP contribution is -2.48. The summed E-state index contributed by atoms with van der Waals surface area (Å²) < 4.78 is 5.65. The van der Waals surface area contributed by atoms with Crippen LogP contribution in [0.1, 0.15) is 35.3 Å². The topological polar surface area (TPSA) is 44.8 Å². The summed E-state index contributed by atoms with van der Waals surface area (Å²) in [4.78, 5) is 17.5. The molecule has 1 N–H and O–H groups in total. The van der Waals surface area contributed by atoms with Gasteiger partial charge in [0.25, 0.3) is 5.91 Å². The SMILES string of the molecule is CCCOc1cccc(C(=O)NCC(c2ccc(Cl)cc2)N2CCN(C)CC2)c1. The fraction of sp³-hybridized carbons (Fsp3) is 0.435. The van der Waals surface area contributed by atoms with Gasteiger partial charge in [-0.3, -0.25) is 9.69 Å². The van der Waals surface area contributed by atoms with E-state index in [4.69, 9.17) is 16.3 Å². The van der Waals surface area contributed by atoms with Gasteiger partial charge in [0.1, 0.15) is 5.75 Å². The molecule has 2 aromatic rings. The maximum atomic E-state index is 12.8. The minimum Gasteiger partial charge on any atom is -0.494 e. The molecule has 0 radical (unpaired) electrons. The Bertz CT molecular complexity index is 789. The largest absolute Gasteiger partial charge is 0.494 e. The number of halogens is 1. The number of likely N-dealkylation sites (N-methyl/N-ethyl adjacent to an activating group) is 1. The molecule has 1 amide bonds. The molecular formula is C23H30ClN3O2. The van der Waals surface area contributed by atoms with Crippen molar-refractivity contribution in [3.8, 4) is 5.75 Å². The highest BCUT2D eigenvalue weighted by Gasteiger charge is 2.24. The summed E-state index contributed by atoms with van der Waals surface area (Å²) in [6.45, 7) is 7.24. The van der Waals surface area contributed by atoms with Gasteiger partial charge in [-0.25, -0.2) is 0 Å². The average molecular weight is 416 g/mol. The van der Waals surface area contributed by atoms with Gasteiger partial charge >= 0.3 is 0 Å². The quantitative estimate of drug-likeness (QED) is 0.711. The van der Waals surface area contributed by atoms with Crippen LogP contribution in [-0.2, 0) is 0 Å². The molecule has 3 rings (SSSR count). The van der Waals surface area contributed by atoms with Gasteiger partial charge < -0.3 is 15.0 Å². The Morgan fingerprint density at radius 2 is 1.86 bits per heavy atom. The number of nitrogens with zero attached hydrogens (tertiary/aromatic N) is 2. The van der Waals surface area contributed by atoms with E-state index in [0.717, 1.165) is 43.4 Å². The summed E-state index contributed by atoms with van der Waals surface area (Å²) in [6, 6.07) is 15.4. The lowest BCUT2D eigenvalue weighted by molar-refractivity contribution is 0.0886. The average Bonchev–Trinajstić information content (AvgIpc) is 2.75. The maximum Gasteiger partial charge on any atom is 0.251 e. The van der Waals surface area contributed by atoms with E-state index in [-0.39, 0.29) is 11.9 Å². The van der Waals surface area contributed by atoms with Crippen LogP contribution in [0.15, 0.2) is 48.5 Å². The first-order valence-electron chi connectivity index (χ1n) is 10.3. The van der Waals surface area contributed by atoms with Crippen molar-refractivity contribution < 1.29 is 9.53 Å². The maximum absolute atomic E-state index is 12.8. The van der Waals surface area contributed by atoms with Crippen LogP contribution in [-0.4, -0.2) is 62.1 Å². The van der Waals surface area contributed by atoms with Crippen LogP contribution in [0.25, 0.3) is 0 Å². The van der Waals surface area contributed by atoms with Crippen LogP contribution < -0.4 is 10.1 Å². The number of amides is 1. The van der Waals surface area contributed by atoms with Gasteiger partial charge in [-0.2, -0.15) is 0 Å². The molecule has 1 aliphatic heterocycles. The third-order valence-corrected chi connectivity index (χ3v) is 5.51. The van der Waals surface area contributed by atoms with E-state index in [0.29, 0.717) is 18.7 Å². The molecule has 6 heteroatoms. The van der Waals surface area contributed by atoms with Crippen molar-refractivity contribution in [3.63, 3.8) is 0 Å². The summed E-state index contributed by atoms with van der Waals surface area (Å²) in [5.74, 6) is 0.646. The highest BCUT2D eigenvalue weighted by Crippen LogP contribution is 2.23. The van der Waals surface area contributed by atoms with Crippen molar-refractivity contribution in [2.45, 2.75) is 19.4 Å². The molecule has 1 fully saturated rings. The zero-order valence-electron chi connectivity index (χ0n) is 17.2. The first-order valence-corrected chi connectivity index (χ1v) is 10.6. The zero-order valence-corrected chi connectivity index (χ0v) is 18.0. The Kier molecular flexibility index (Phi) is 7.92. The van der Waals surface area contributed by atoms with E-state index in [9.17, 15) is 4.79 Å². The molecule has 0 saturated carbocycles. The Morgan fingerprint density at radius 3 is 2.55 bits per heavy atom. The number of hydrogen-bond donors (Lipinski definition) is 1. The Labute approximate surface area is 178 Å². The van der Waals surface area contributed by atoms with Gasteiger partial charge in [-0.15, -0.1) is 0 Å². The smallest absolute Gasteiger partial charge is 0.251 e. The summed E-state index contributed by atoms with van der Waals surface area (Å²) in [6.07, 6.45) is 0.935. The first-order chi connectivity index (χ1) is 14.1. The van der Waals surface area contributed by atoms with Crippen molar-refractivity contribution in [3.05, 3.63) is 64.7 Å². The van der Waals surface area contributed by atoms with Crippen molar-refractivity contribution in [2.75, 3.05) is 46.4 Å². The lowest BCUT2D eigenvalue weighted by Gasteiger charge is -2.38. The molecule has 1 unspecified atom stereocenters. The fourth-order valence-corrected chi connectivity index (χ4v) is 3.64. The van der Waals surface area contributed by atoms with Crippen LogP contribution in [0.4, 0.5) is 0 Å².